The van der Waals surface area contributed by atoms with Crippen LogP contribution < -0.4 is 5.56 Å². The van der Waals surface area contributed by atoms with E-state index in [4.69, 9.17) is 0 Å². The van der Waals surface area contributed by atoms with Gasteiger partial charge in [-0.15, -0.1) is 0 Å². The number of nitrogens with zero attached hydrogens (tertiary/aromatic N) is 2. The number of phenols is 1. The van der Waals surface area contributed by atoms with Crippen molar-refractivity contribution in [2.75, 3.05) is 0 Å². The summed E-state index contributed by atoms with van der Waals surface area (Å²) in [6.45, 7) is 4.49. The highest BCUT2D eigenvalue weighted by Crippen LogP contribution is 2.32. The Morgan fingerprint density at radius 2 is 1.83 bits per heavy atom. The van der Waals surface area contributed by atoms with Crippen molar-refractivity contribution in [3.05, 3.63) is 64.6 Å². The van der Waals surface area contributed by atoms with Gasteiger partial charge in [-0.3, -0.25) is 9.36 Å². The van der Waals surface area contributed by atoms with Crippen LogP contribution in [-0.2, 0) is 6.54 Å². The largest absolute Gasteiger partial charge is 0.508 e. The quantitative estimate of drug-likeness (QED) is 0.796. The van der Waals surface area contributed by atoms with E-state index < -0.39 is 0 Å². The van der Waals surface area contributed by atoms with Crippen molar-refractivity contribution in [1.82, 2.24) is 4.57 Å². The van der Waals surface area contributed by atoms with E-state index in [2.05, 4.69) is 6.07 Å². The summed E-state index contributed by atoms with van der Waals surface area (Å²) in [5.41, 5.74) is 1.67. The molecule has 0 saturated heterocycles. The molecule has 4 heteroatoms. The number of fused-ring (bicyclic) bond motifs is 1. The second-order valence-electron chi connectivity index (χ2n) is 6.24. The SMILES string of the molecule is CC(C)Cn1c(C#N)c(-c2ccccc2)c2cc(O)ccc2c1=O. The second kappa shape index (κ2) is 6.21. The molecular formula is C20H18N2O2. The van der Waals surface area contributed by atoms with Gasteiger partial charge in [-0.25, -0.2) is 0 Å². The van der Waals surface area contributed by atoms with Gasteiger partial charge in [0.05, 0.1) is 0 Å². The number of hydrogen-bond acceptors (Lipinski definition) is 3. The molecule has 0 bridgehead atoms. The summed E-state index contributed by atoms with van der Waals surface area (Å²) in [6, 6.07) is 16.4. The molecule has 0 radical (unpaired) electrons. The number of aromatic nitrogens is 1. The molecule has 1 aromatic heterocycles. The fraction of sp³-hybridized carbons (Fsp3) is 0.200. The molecule has 2 aromatic carbocycles. The standard InChI is InChI=1S/C20H18N2O2/c1-13(2)12-22-18(11-21)19(14-6-4-3-5-7-14)17-10-15(23)8-9-16(17)20(22)24/h3-10,13,23H,12H2,1-2H3. The Balaban J connectivity index is 2.51. The molecule has 4 nitrogen and oxygen atoms in total. The lowest BCUT2D eigenvalue weighted by Gasteiger charge is -2.17. The number of aromatic hydroxyl groups is 1. The van der Waals surface area contributed by atoms with E-state index in [-0.39, 0.29) is 17.2 Å². The van der Waals surface area contributed by atoms with Crippen LogP contribution in [0.2, 0.25) is 0 Å². The van der Waals surface area contributed by atoms with Gasteiger partial charge in [-0.05, 0) is 29.7 Å². The minimum Gasteiger partial charge on any atom is -0.508 e. The average Bonchev–Trinajstić information content (AvgIpc) is 2.57. The van der Waals surface area contributed by atoms with Crippen LogP contribution in [-0.4, -0.2) is 9.67 Å². The Morgan fingerprint density at radius 1 is 1.12 bits per heavy atom. The average molecular weight is 318 g/mol. The van der Waals surface area contributed by atoms with Gasteiger partial charge in [0.25, 0.3) is 5.56 Å². The van der Waals surface area contributed by atoms with Crippen LogP contribution in [0.3, 0.4) is 0 Å². The first kappa shape index (κ1) is 15.8. The number of benzene rings is 2. The fourth-order valence-electron chi connectivity index (χ4n) is 2.99. The molecule has 0 aliphatic rings. The molecular weight excluding hydrogens is 300 g/mol. The van der Waals surface area contributed by atoms with Gasteiger partial charge in [0.2, 0.25) is 0 Å². The number of phenolic OH excluding ortho intramolecular Hbond substituents is 1. The van der Waals surface area contributed by atoms with Crippen molar-refractivity contribution in [1.29, 1.82) is 5.26 Å². The summed E-state index contributed by atoms with van der Waals surface area (Å²) in [7, 11) is 0. The monoisotopic (exact) mass is 318 g/mol. The van der Waals surface area contributed by atoms with Gasteiger partial charge in [0.15, 0.2) is 0 Å². The normalized spacial score (nSPS) is 10.9. The third-order valence-corrected chi connectivity index (χ3v) is 3.97. The number of hydrogen-bond donors (Lipinski definition) is 1. The molecule has 0 atom stereocenters. The van der Waals surface area contributed by atoms with Crippen LogP contribution in [0, 0.1) is 17.2 Å². The van der Waals surface area contributed by atoms with Crippen molar-refractivity contribution >= 4 is 10.8 Å². The predicted octanol–water partition coefficient (Wildman–Crippen LogP) is 3.90. The zero-order valence-corrected chi connectivity index (χ0v) is 13.7. The molecule has 3 aromatic rings. The molecule has 0 aliphatic heterocycles. The van der Waals surface area contributed by atoms with Crippen molar-refractivity contribution in [3.63, 3.8) is 0 Å². The van der Waals surface area contributed by atoms with E-state index in [1.807, 2.05) is 44.2 Å². The molecule has 0 spiro atoms. The van der Waals surface area contributed by atoms with Crippen LogP contribution in [0.5, 0.6) is 5.75 Å². The molecule has 1 heterocycles. The van der Waals surface area contributed by atoms with E-state index >= 15 is 0 Å². The van der Waals surface area contributed by atoms with Gasteiger partial charge in [-0.2, -0.15) is 5.26 Å². The summed E-state index contributed by atoms with van der Waals surface area (Å²) in [6.07, 6.45) is 0. The highest BCUT2D eigenvalue weighted by molar-refractivity contribution is 5.99. The zero-order valence-electron chi connectivity index (χ0n) is 13.7. The van der Waals surface area contributed by atoms with Crippen LogP contribution in [0.25, 0.3) is 21.9 Å². The first-order chi connectivity index (χ1) is 11.5. The Kier molecular flexibility index (Phi) is 4.09. The fourth-order valence-corrected chi connectivity index (χ4v) is 2.99. The first-order valence-corrected chi connectivity index (χ1v) is 7.88. The van der Waals surface area contributed by atoms with Gasteiger partial charge in [-0.1, -0.05) is 44.2 Å². The van der Waals surface area contributed by atoms with Crippen LogP contribution in [0.1, 0.15) is 19.5 Å². The molecule has 0 saturated carbocycles. The van der Waals surface area contributed by atoms with Gasteiger partial charge in [0, 0.05) is 22.9 Å². The molecule has 0 amide bonds. The van der Waals surface area contributed by atoms with Crippen molar-refractivity contribution in [2.45, 2.75) is 20.4 Å². The molecule has 120 valence electrons. The maximum Gasteiger partial charge on any atom is 0.259 e. The van der Waals surface area contributed by atoms with Crippen molar-refractivity contribution in [2.24, 2.45) is 5.92 Å². The number of nitriles is 1. The van der Waals surface area contributed by atoms with Gasteiger partial charge < -0.3 is 5.11 Å². The molecule has 1 N–H and O–H groups in total. The predicted molar refractivity (Wildman–Crippen MR) is 94.9 cm³/mol. The maximum atomic E-state index is 12.9. The first-order valence-electron chi connectivity index (χ1n) is 7.88. The lowest BCUT2D eigenvalue weighted by Crippen LogP contribution is -2.26. The summed E-state index contributed by atoms with van der Waals surface area (Å²) in [5.74, 6) is 0.303. The molecule has 3 rings (SSSR count). The molecule has 0 aliphatic carbocycles. The van der Waals surface area contributed by atoms with E-state index in [0.29, 0.717) is 28.6 Å². The third-order valence-electron chi connectivity index (χ3n) is 3.97. The number of rotatable bonds is 3. The summed E-state index contributed by atoms with van der Waals surface area (Å²) >= 11 is 0. The smallest absolute Gasteiger partial charge is 0.259 e. The Morgan fingerprint density at radius 3 is 2.46 bits per heavy atom. The Labute approximate surface area is 140 Å². The van der Waals surface area contributed by atoms with Crippen molar-refractivity contribution in [3.8, 4) is 22.9 Å². The van der Waals surface area contributed by atoms with Crippen LogP contribution >= 0.6 is 0 Å². The van der Waals surface area contributed by atoms with E-state index in [1.54, 1.807) is 16.7 Å². The highest BCUT2D eigenvalue weighted by atomic mass is 16.3. The minimum atomic E-state index is -0.199. The molecule has 0 unspecified atom stereocenters. The lowest BCUT2D eigenvalue weighted by atomic mass is 9.96. The minimum absolute atomic E-state index is 0.0737. The topological polar surface area (TPSA) is 66.0 Å². The van der Waals surface area contributed by atoms with Crippen LogP contribution in [0.4, 0.5) is 0 Å². The third kappa shape index (κ3) is 2.65. The van der Waals surface area contributed by atoms with Gasteiger partial charge in [0.1, 0.15) is 17.5 Å². The Hall–Kier alpha value is -3.06. The summed E-state index contributed by atoms with van der Waals surface area (Å²) in [5, 5.41) is 20.7. The van der Waals surface area contributed by atoms with E-state index in [9.17, 15) is 15.2 Å². The zero-order chi connectivity index (χ0) is 17.3. The van der Waals surface area contributed by atoms with Crippen molar-refractivity contribution < 1.29 is 5.11 Å². The lowest BCUT2D eigenvalue weighted by molar-refractivity contribution is 0.476. The molecule has 0 fully saturated rings. The second-order valence-corrected chi connectivity index (χ2v) is 6.24. The van der Waals surface area contributed by atoms with Crippen LogP contribution in [0.15, 0.2) is 53.3 Å². The maximum absolute atomic E-state index is 12.9. The summed E-state index contributed by atoms with van der Waals surface area (Å²) in [4.78, 5) is 12.9. The highest BCUT2D eigenvalue weighted by Gasteiger charge is 2.18. The molecule has 24 heavy (non-hydrogen) atoms. The Bertz CT molecular complexity index is 996. The van der Waals surface area contributed by atoms with E-state index in [0.717, 1.165) is 5.56 Å². The van der Waals surface area contributed by atoms with Gasteiger partial charge >= 0.3 is 0 Å². The number of pyridine rings is 1. The summed E-state index contributed by atoms with van der Waals surface area (Å²) < 4.78 is 1.55. The van der Waals surface area contributed by atoms with E-state index in [1.165, 1.54) is 6.07 Å².